The Bertz CT molecular complexity index is 622. The van der Waals surface area contributed by atoms with Crippen molar-refractivity contribution in [1.82, 2.24) is 10.2 Å². The molecule has 0 unspecified atom stereocenters. The summed E-state index contributed by atoms with van der Waals surface area (Å²) >= 11 is 1.72. The summed E-state index contributed by atoms with van der Waals surface area (Å²) in [6.45, 7) is 5.03. The van der Waals surface area contributed by atoms with Gasteiger partial charge in [-0.05, 0) is 67.4 Å². The summed E-state index contributed by atoms with van der Waals surface area (Å²) in [5.74, 6) is 0.192. The number of nitrogens with zero attached hydrogens (tertiary/aromatic N) is 1. The molecule has 1 N–H and O–H groups in total. The van der Waals surface area contributed by atoms with Crippen LogP contribution in [0, 0.1) is 0 Å². The lowest BCUT2D eigenvalue weighted by Gasteiger charge is -2.34. The molecule has 3 rings (SSSR count). The third-order valence-electron chi connectivity index (χ3n) is 4.17. The molecule has 1 amide bonds. The highest BCUT2D eigenvalue weighted by Crippen LogP contribution is 2.23. The Kier molecular flexibility index (Phi) is 6.24. The molecule has 1 aromatic heterocycles. The number of rotatable bonds is 4. The van der Waals surface area contributed by atoms with Gasteiger partial charge in [-0.1, -0.05) is 6.92 Å². The molecule has 1 aliphatic heterocycles. The van der Waals surface area contributed by atoms with Gasteiger partial charge in [-0.15, -0.1) is 23.7 Å². The Hall–Kier alpha value is -1.10. The van der Waals surface area contributed by atoms with Gasteiger partial charge in [0.1, 0.15) is 0 Å². The molecule has 0 bridgehead atoms. The molecule has 0 spiro atoms. The minimum absolute atomic E-state index is 0. The Labute approximate surface area is 142 Å². The van der Waals surface area contributed by atoms with Crippen molar-refractivity contribution in [1.29, 1.82) is 0 Å². The summed E-state index contributed by atoms with van der Waals surface area (Å²) in [6, 6.07) is 8.56. The third kappa shape index (κ3) is 3.62. The van der Waals surface area contributed by atoms with Gasteiger partial charge in [0, 0.05) is 22.8 Å². The van der Waals surface area contributed by atoms with E-state index in [0.717, 1.165) is 44.5 Å². The highest BCUT2D eigenvalue weighted by atomic mass is 35.5. The van der Waals surface area contributed by atoms with E-state index in [1.807, 2.05) is 12.1 Å². The van der Waals surface area contributed by atoms with Gasteiger partial charge in [0.2, 0.25) is 0 Å². The fraction of sp³-hybridized carbons (Fsp3) is 0.471. The molecule has 1 saturated heterocycles. The van der Waals surface area contributed by atoms with Crippen LogP contribution in [0.4, 0.5) is 0 Å². The highest BCUT2D eigenvalue weighted by molar-refractivity contribution is 7.17. The van der Waals surface area contributed by atoms with Crippen molar-refractivity contribution in [2.24, 2.45) is 0 Å². The lowest BCUT2D eigenvalue weighted by molar-refractivity contribution is 0.0643. The minimum atomic E-state index is 0. The van der Waals surface area contributed by atoms with Gasteiger partial charge < -0.3 is 10.2 Å². The van der Waals surface area contributed by atoms with Gasteiger partial charge in [-0.25, -0.2) is 0 Å². The lowest BCUT2D eigenvalue weighted by Crippen LogP contribution is -2.46. The smallest absolute Gasteiger partial charge is 0.254 e. The maximum atomic E-state index is 12.9. The molecule has 2 aromatic rings. The number of hydrogen-bond acceptors (Lipinski definition) is 3. The molecular weight excluding hydrogens is 316 g/mol. The van der Waals surface area contributed by atoms with E-state index in [9.17, 15) is 4.79 Å². The number of thiophene rings is 1. The molecule has 5 heteroatoms. The molecule has 22 heavy (non-hydrogen) atoms. The summed E-state index contributed by atoms with van der Waals surface area (Å²) in [5, 5.41) is 6.63. The van der Waals surface area contributed by atoms with Crippen molar-refractivity contribution in [3.63, 3.8) is 0 Å². The second kappa shape index (κ2) is 7.95. The van der Waals surface area contributed by atoms with Crippen LogP contribution in [0.15, 0.2) is 29.6 Å². The van der Waals surface area contributed by atoms with Gasteiger partial charge in [-0.2, -0.15) is 0 Å². The molecule has 120 valence electrons. The van der Waals surface area contributed by atoms with Crippen molar-refractivity contribution >= 4 is 39.7 Å². The van der Waals surface area contributed by atoms with E-state index >= 15 is 0 Å². The standard InChI is InChI=1S/C17H22N2OS.ClH/c1-2-10-19(15-5-8-18-9-6-15)17(20)14-3-4-16-13(12-14)7-11-21-16;/h3-4,7,11-12,15,18H,2,5-6,8-10H2,1H3;1H. The Morgan fingerprint density at radius 2 is 2.09 bits per heavy atom. The second-order valence-corrected chi connectivity index (χ2v) is 6.60. The van der Waals surface area contributed by atoms with E-state index in [1.54, 1.807) is 11.3 Å². The molecule has 0 saturated carbocycles. The summed E-state index contributed by atoms with van der Waals surface area (Å²) < 4.78 is 1.25. The topological polar surface area (TPSA) is 32.3 Å². The van der Waals surface area contributed by atoms with E-state index in [-0.39, 0.29) is 18.3 Å². The van der Waals surface area contributed by atoms with Crippen LogP contribution in [-0.2, 0) is 0 Å². The van der Waals surface area contributed by atoms with Gasteiger partial charge in [-0.3, -0.25) is 4.79 Å². The van der Waals surface area contributed by atoms with Crippen LogP contribution < -0.4 is 5.32 Å². The average Bonchev–Trinajstić information content (AvgIpc) is 3.00. The first kappa shape index (κ1) is 17.3. The minimum Gasteiger partial charge on any atom is -0.336 e. The zero-order valence-corrected chi connectivity index (χ0v) is 14.5. The molecule has 1 aromatic carbocycles. The normalized spacial score (nSPS) is 15.5. The first-order valence-corrected chi connectivity index (χ1v) is 8.66. The first-order chi connectivity index (χ1) is 10.3. The van der Waals surface area contributed by atoms with Gasteiger partial charge in [0.25, 0.3) is 5.91 Å². The zero-order valence-electron chi connectivity index (χ0n) is 12.9. The number of hydrogen-bond donors (Lipinski definition) is 1. The van der Waals surface area contributed by atoms with E-state index in [0.29, 0.717) is 6.04 Å². The summed E-state index contributed by atoms with van der Waals surface area (Å²) in [7, 11) is 0. The first-order valence-electron chi connectivity index (χ1n) is 7.78. The van der Waals surface area contributed by atoms with Crippen LogP contribution in [-0.4, -0.2) is 36.5 Å². The van der Waals surface area contributed by atoms with Crippen molar-refractivity contribution in [3.05, 3.63) is 35.2 Å². The van der Waals surface area contributed by atoms with Crippen LogP contribution in [0.1, 0.15) is 36.5 Å². The number of carbonyl (C=O) groups excluding carboxylic acids is 1. The van der Waals surface area contributed by atoms with Crippen LogP contribution in [0.25, 0.3) is 10.1 Å². The molecule has 0 radical (unpaired) electrons. The average molecular weight is 339 g/mol. The second-order valence-electron chi connectivity index (χ2n) is 5.65. The number of fused-ring (bicyclic) bond motifs is 1. The molecule has 1 fully saturated rings. The third-order valence-corrected chi connectivity index (χ3v) is 5.07. The molecule has 1 aliphatic rings. The Morgan fingerprint density at radius 3 is 2.82 bits per heavy atom. The van der Waals surface area contributed by atoms with Crippen LogP contribution in [0.3, 0.4) is 0 Å². The van der Waals surface area contributed by atoms with Gasteiger partial charge in [0.05, 0.1) is 0 Å². The largest absolute Gasteiger partial charge is 0.336 e. The number of carbonyl (C=O) groups is 1. The van der Waals surface area contributed by atoms with E-state index < -0.39 is 0 Å². The maximum Gasteiger partial charge on any atom is 0.254 e. The Morgan fingerprint density at radius 1 is 1.32 bits per heavy atom. The predicted octanol–water partition coefficient (Wildman–Crippen LogP) is 3.93. The fourth-order valence-corrected chi connectivity index (χ4v) is 3.85. The van der Waals surface area contributed by atoms with Crippen molar-refractivity contribution < 1.29 is 4.79 Å². The number of piperidine rings is 1. The maximum absolute atomic E-state index is 12.9. The van der Waals surface area contributed by atoms with Crippen LogP contribution >= 0.6 is 23.7 Å². The molecule has 0 atom stereocenters. The molecule has 0 aliphatic carbocycles. The molecular formula is C17H23ClN2OS. The number of benzene rings is 1. The fourth-order valence-electron chi connectivity index (χ4n) is 3.07. The number of nitrogens with one attached hydrogen (secondary N) is 1. The van der Waals surface area contributed by atoms with Crippen molar-refractivity contribution in [2.75, 3.05) is 19.6 Å². The number of amides is 1. The zero-order chi connectivity index (χ0) is 14.7. The van der Waals surface area contributed by atoms with Gasteiger partial charge >= 0.3 is 0 Å². The predicted molar refractivity (Wildman–Crippen MR) is 96.3 cm³/mol. The van der Waals surface area contributed by atoms with Crippen molar-refractivity contribution in [3.8, 4) is 0 Å². The van der Waals surface area contributed by atoms with E-state index in [1.165, 1.54) is 10.1 Å². The summed E-state index contributed by atoms with van der Waals surface area (Å²) in [4.78, 5) is 15.0. The van der Waals surface area contributed by atoms with Crippen molar-refractivity contribution in [2.45, 2.75) is 32.2 Å². The quantitative estimate of drug-likeness (QED) is 0.916. The van der Waals surface area contributed by atoms with Crippen LogP contribution in [0.5, 0.6) is 0 Å². The summed E-state index contributed by atoms with van der Waals surface area (Å²) in [5.41, 5.74) is 0.827. The number of halogens is 1. The SMILES string of the molecule is CCCN(C(=O)c1ccc2sccc2c1)C1CCNCC1.Cl. The van der Waals surface area contributed by atoms with Gasteiger partial charge in [0.15, 0.2) is 0 Å². The Balaban J connectivity index is 0.00000176. The monoisotopic (exact) mass is 338 g/mol. The molecule has 3 nitrogen and oxygen atoms in total. The lowest BCUT2D eigenvalue weighted by atomic mass is 10.0. The molecule has 2 heterocycles. The van der Waals surface area contributed by atoms with E-state index in [2.05, 4.69) is 34.7 Å². The summed E-state index contributed by atoms with van der Waals surface area (Å²) in [6.07, 6.45) is 3.13. The van der Waals surface area contributed by atoms with Crippen LogP contribution in [0.2, 0.25) is 0 Å². The highest BCUT2D eigenvalue weighted by Gasteiger charge is 2.25. The van der Waals surface area contributed by atoms with E-state index in [4.69, 9.17) is 0 Å².